The van der Waals surface area contributed by atoms with E-state index in [1.54, 1.807) is 0 Å². The molecule has 0 radical (unpaired) electrons. The maximum atomic E-state index is 5.74. The van der Waals surface area contributed by atoms with E-state index in [4.69, 9.17) is 4.74 Å². The first-order valence-electron chi connectivity index (χ1n) is 7.31. The number of ether oxygens (including phenoxy) is 1. The Morgan fingerprint density at radius 3 is 2.71 bits per heavy atom. The molecule has 1 heterocycles. The molecule has 2 rings (SSSR count). The Bertz CT molecular complexity index is 224. The van der Waals surface area contributed by atoms with E-state index in [1.165, 1.54) is 37.9 Å². The summed E-state index contributed by atoms with van der Waals surface area (Å²) in [6.45, 7) is 5.46. The SMILES string of the molecule is CCSC1CCC(NC2CCOC(CC)C2)C1. The standard InChI is InChI=1S/C14H27NOS/c1-3-13-9-12(7-8-16-13)15-11-5-6-14(10-11)17-4-2/h11-15H,3-10H2,1-2H3. The topological polar surface area (TPSA) is 21.3 Å². The first kappa shape index (κ1) is 13.7. The van der Waals surface area contributed by atoms with Crippen LogP contribution in [0.5, 0.6) is 0 Å². The van der Waals surface area contributed by atoms with Gasteiger partial charge in [0, 0.05) is 23.9 Å². The number of rotatable bonds is 5. The molecule has 2 aliphatic rings. The van der Waals surface area contributed by atoms with E-state index in [-0.39, 0.29) is 0 Å². The van der Waals surface area contributed by atoms with Crippen molar-refractivity contribution in [1.82, 2.24) is 5.32 Å². The zero-order chi connectivity index (χ0) is 12.1. The van der Waals surface area contributed by atoms with E-state index in [0.29, 0.717) is 12.1 Å². The van der Waals surface area contributed by atoms with Gasteiger partial charge in [-0.25, -0.2) is 0 Å². The molecular weight excluding hydrogens is 230 g/mol. The van der Waals surface area contributed by atoms with Crippen molar-refractivity contribution >= 4 is 11.8 Å². The third kappa shape index (κ3) is 4.15. The van der Waals surface area contributed by atoms with Gasteiger partial charge in [-0.15, -0.1) is 0 Å². The average Bonchev–Trinajstić information content (AvgIpc) is 2.77. The van der Waals surface area contributed by atoms with Gasteiger partial charge in [0.25, 0.3) is 0 Å². The Morgan fingerprint density at radius 2 is 1.94 bits per heavy atom. The van der Waals surface area contributed by atoms with Gasteiger partial charge in [-0.2, -0.15) is 11.8 Å². The van der Waals surface area contributed by atoms with Gasteiger partial charge >= 0.3 is 0 Å². The summed E-state index contributed by atoms with van der Waals surface area (Å²) in [5.41, 5.74) is 0. The number of nitrogens with one attached hydrogen (secondary N) is 1. The van der Waals surface area contributed by atoms with Crippen molar-refractivity contribution in [2.75, 3.05) is 12.4 Å². The van der Waals surface area contributed by atoms with Crippen molar-refractivity contribution in [1.29, 1.82) is 0 Å². The van der Waals surface area contributed by atoms with Gasteiger partial charge in [0.05, 0.1) is 6.10 Å². The lowest BCUT2D eigenvalue weighted by Crippen LogP contribution is -2.43. The molecule has 1 aliphatic heterocycles. The fourth-order valence-corrected chi connectivity index (χ4v) is 4.27. The fraction of sp³-hybridized carbons (Fsp3) is 1.00. The quantitative estimate of drug-likeness (QED) is 0.817. The molecule has 0 bridgehead atoms. The minimum Gasteiger partial charge on any atom is -0.378 e. The van der Waals surface area contributed by atoms with Crippen LogP contribution in [-0.2, 0) is 4.74 Å². The van der Waals surface area contributed by atoms with Gasteiger partial charge in [-0.05, 0) is 44.3 Å². The Kier molecular flexibility index (Phi) is 5.64. The predicted molar refractivity (Wildman–Crippen MR) is 75.7 cm³/mol. The zero-order valence-electron chi connectivity index (χ0n) is 11.3. The molecule has 4 atom stereocenters. The largest absolute Gasteiger partial charge is 0.378 e. The van der Waals surface area contributed by atoms with E-state index in [0.717, 1.165) is 24.3 Å². The van der Waals surface area contributed by atoms with Gasteiger partial charge in [0.2, 0.25) is 0 Å². The summed E-state index contributed by atoms with van der Waals surface area (Å²) in [6.07, 6.45) is 8.27. The highest BCUT2D eigenvalue weighted by atomic mass is 32.2. The molecule has 0 amide bonds. The second-order valence-corrected chi connectivity index (χ2v) is 6.95. The van der Waals surface area contributed by atoms with Crippen LogP contribution in [0.4, 0.5) is 0 Å². The van der Waals surface area contributed by atoms with Crippen molar-refractivity contribution in [3.05, 3.63) is 0 Å². The first-order valence-corrected chi connectivity index (χ1v) is 8.36. The first-order chi connectivity index (χ1) is 8.31. The molecule has 1 aliphatic carbocycles. The molecule has 100 valence electrons. The third-order valence-electron chi connectivity index (χ3n) is 4.08. The molecule has 1 saturated heterocycles. The summed E-state index contributed by atoms with van der Waals surface area (Å²) in [6, 6.07) is 1.49. The molecule has 2 nitrogen and oxygen atoms in total. The Morgan fingerprint density at radius 1 is 1.12 bits per heavy atom. The summed E-state index contributed by atoms with van der Waals surface area (Å²) in [7, 11) is 0. The van der Waals surface area contributed by atoms with Gasteiger partial charge in [0.15, 0.2) is 0 Å². The lowest BCUT2D eigenvalue weighted by Gasteiger charge is -2.31. The summed E-state index contributed by atoms with van der Waals surface area (Å²) < 4.78 is 5.74. The number of thioether (sulfide) groups is 1. The molecule has 1 N–H and O–H groups in total. The Hall–Kier alpha value is 0.270. The highest BCUT2D eigenvalue weighted by Gasteiger charge is 2.28. The maximum absolute atomic E-state index is 5.74. The van der Waals surface area contributed by atoms with E-state index >= 15 is 0 Å². The Balaban J connectivity index is 1.70. The number of hydrogen-bond acceptors (Lipinski definition) is 3. The predicted octanol–water partition coefficient (Wildman–Crippen LogP) is 3.21. The van der Waals surface area contributed by atoms with Crippen molar-refractivity contribution in [3.63, 3.8) is 0 Å². The molecule has 2 fully saturated rings. The minimum absolute atomic E-state index is 0.503. The van der Waals surface area contributed by atoms with E-state index < -0.39 is 0 Å². The van der Waals surface area contributed by atoms with Crippen LogP contribution >= 0.6 is 11.8 Å². The van der Waals surface area contributed by atoms with Crippen molar-refractivity contribution in [2.24, 2.45) is 0 Å². The smallest absolute Gasteiger partial charge is 0.0587 e. The summed E-state index contributed by atoms with van der Waals surface area (Å²) in [5, 5.41) is 4.79. The van der Waals surface area contributed by atoms with Crippen molar-refractivity contribution < 1.29 is 4.74 Å². The summed E-state index contributed by atoms with van der Waals surface area (Å²) in [5.74, 6) is 1.27. The monoisotopic (exact) mass is 257 g/mol. The minimum atomic E-state index is 0.503. The van der Waals surface area contributed by atoms with Crippen LogP contribution in [0, 0.1) is 0 Å². The second-order valence-electron chi connectivity index (χ2n) is 5.38. The molecule has 0 spiro atoms. The highest BCUT2D eigenvalue weighted by molar-refractivity contribution is 7.99. The van der Waals surface area contributed by atoms with E-state index in [2.05, 4.69) is 30.9 Å². The summed E-state index contributed by atoms with van der Waals surface area (Å²) >= 11 is 2.15. The molecule has 3 heteroatoms. The molecule has 17 heavy (non-hydrogen) atoms. The molecule has 0 aromatic rings. The lowest BCUT2D eigenvalue weighted by atomic mass is 10.0. The average molecular weight is 257 g/mol. The van der Waals surface area contributed by atoms with Crippen molar-refractivity contribution in [2.45, 2.75) is 75.8 Å². The van der Waals surface area contributed by atoms with Crippen LogP contribution in [0.1, 0.15) is 52.4 Å². The van der Waals surface area contributed by atoms with Crippen LogP contribution in [0.15, 0.2) is 0 Å². The van der Waals surface area contributed by atoms with Gasteiger partial charge in [-0.1, -0.05) is 13.8 Å². The lowest BCUT2D eigenvalue weighted by molar-refractivity contribution is -0.00180. The van der Waals surface area contributed by atoms with Crippen LogP contribution in [0.2, 0.25) is 0 Å². The molecule has 4 unspecified atom stereocenters. The Labute approximate surface area is 110 Å². The zero-order valence-corrected chi connectivity index (χ0v) is 12.1. The van der Waals surface area contributed by atoms with Crippen molar-refractivity contribution in [3.8, 4) is 0 Å². The normalized spacial score (nSPS) is 38.5. The molecule has 1 saturated carbocycles. The molecular formula is C14H27NOS. The van der Waals surface area contributed by atoms with Crippen LogP contribution in [0.3, 0.4) is 0 Å². The maximum Gasteiger partial charge on any atom is 0.0587 e. The summed E-state index contributed by atoms with van der Waals surface area (Å²) in [4.78, 5) is 0. The second kappa shape index (κ2) is 7.01. The highest BCUT2D eigenvalue weighted by Crippen LogP contribution is 2.30. The third-order valence-corrected chi connectivity index (χ3v) is 5.31. The van der Waals surface area contributed by atoms with E-state index in [1.807, 2.05) is 0 Å². The van der Waals surface area contributed by atoms with Gasteiger partial charge in [-0.3, -0.25) is 0 Å². The fourth-order valence-electron chi connectivity index (χ4n) is 3.13. The molecule has 0 aromatic heterocycles. The number of hydrogen-bond donors (Lipinski definition) is 1. The molecule has 0 aromatic carbocycles. The van der Waals surface area contributed by atoms with Gasteiger partial charge in [0.1, 0.15) is 0 Å². The van der Waals surface area contributed by atoms with Crippen LogP contribution in [-0.4, -0.2) is 35.8 Å². The van der Waals surface area contributed by atoms with E-state index in [9.17, 15) is 0 Å². The van der Waals surface area contributed by atoms with Gasteiger partial charge < -0.3 is 10.1 Å². The van der Waals surface area contributed by atoms with Crippen LogP contribution < -0.4 is 5.32 Å². The van der Waals surface area contributed by atoms with Crippen LogP contribution in [0.25, 0.3) is 0 Å².